The lowest BCUT2D eigenvalue weighted by Crippen LogP contribution is -2.59. The number of fused-ring (bicyclic) bond motifs is 5. The summed E-state index contributed by atoms with van der Waals surface area (Å²) in [5.74, 6) is 1.19. The lowest BCUT2D eigenvalue weighted by Gasteiger charge is -2.61. The maximum atomic E-state index is 11.9. The molecule has 31 heavy (non-hydrogen) atoms. The summed E-state index contributed by atoms with van der Waals surface area (Å²) in [6.07, 6.45) is 7.44. The SMILES string of the molecule is CC(=O)O[C@@H]1[C@@H](OC(C)=O)CC[C@]2(C)[C@H]3CC[C@]4(C)[C@@H](OC(C)=O)CC[C@H]4[C@@H]3CC[C@@H]12. The Hall–Kier alpha value is -1.59. The molecule has 4 rings (SSSR count). The maximum Gasteiger partial charge on any atom is 0.303 e. The molecule has 0 amide bonds. The Kier molecular flexibility index (Phi) is 5.89. The van der Waals surface area contributed by atoms with Gasteiger partial charge in [0.25, 0.3) is 0 Å². The first-order chi connectivity index (χ1) is 14.6. The van der Waals surface area contributed by atoms with E-state index in [1.54, 1.807) is 0 Å². The number of rotatable bonds is 3. The van der Waals surface area contributed by atoms with E-state index in [0.717, 1.165) is 51.4 Å². The zero-order valence-electron chi connectivity index (χ0n) is 19.6. The second-order valence-electron chi connectivity index (χ2n) is 11.0. The molecule has 9 atom stereocenters. The predicted molar refractivity (Wildman–Crippen MR) is 114 cm³/mol. The number of esters is 3. The number of ether oxygens (including phenoxy) is 3. The van der Waals surface area contributed by atoms with E-state index in [1.165, 1.54) is 20.8 Å². The van der Waals surface area contributed by atoms with Gasteiger partial charge in [-0.25, -0.2) is 0 Å². The van der Waals surface area contributed by atoms with E-state index in [1.807, 2.05) is 0 Å². The summed E-state index contributed by atoms with van der Waals surface area (Å²) in [6.45, 7) is 9.11. The second kappa shape index (κ2) is 8.08. The fourth-order valence-electron chi connectivity index (χ4n) is 8.31. The minimum atomic E-state index is -0.355. The van der Waals surface area contributed by atoms with Gasteiger partial charge in [0, 0.05) is 32.1 Å². The van der Waals surface area contributed by atoms with Crippen LogP contribution in [0.25, 0.3) is 0 Å². The zero-order valence-corrected chi connectivity index (χ0v) is 19.6. The van der Waals surface area contributed by atoms with Crippen LogP contribution in [-0.2, 0) is 28.6 Å². The van der Waals surface area contributed by atoms with Crippen molar-refractivity contribution in [3.05, 3.63) is 0 Å². The molecule has 0 aromatic heterocycles. The Morgan fingerprint density at radius 3 is 1.87 bits per heavy atom. The van der Waals surface area contributed by atoms with Crippen molar-refractivity contribution in [2.24, 2.45) is 34.5 Å². The molecule has 0 saturated heterocycles. The van der Waals surface area contributed by atoms with Crippen molar-refractivity contribution in [3.8, 4) is 0 Å². The van der Waals surface area contributed by atoms with Crippen LogP contribution in [0.4, 0.5) is 0 Å². The van der Waals surface area contributed by atoms with Crippen LogP contribution in [0.5, 0.6) is 0 Å². The monoisotopic (exact) mass is 434 g/mol. The lowest BCUT2D eigenvalue weighted by molar-refractivity contribution is -0.207. The van der Waals surface area contributed by atoms with Gasteiger partial charge in [0.05, 0.1) is 0 Å². The molecule has 4 aliphatic rings. The van der Waals surface area contributed by atoms with E-state index in [2.05, 4.69) is 13.8 Å². The van der Waals surface area contributed by atoms with Crippen LogP contribution < -0.4 is 0 Å². The Labute approximate surface area is 185 Å². The maximum absolute atomic E-state index is 11.9. The van der Waals surface area contributed by atoms with Gasteiger partial charge in [-0.2, -0.15) is 0 Å². The van der Waals surface area contributed by atoms with Crippen molar-refractivity contribution < 1.29 is 28.6 Å². The van der Waals surface area contributed by atoms with Gasteiger partial charge >= 0.3 is 17.9 Å². The highest BCUT2D eigenvalue weighted by Crippen LogP contribution is 2.66. The van der Waals surface area contributed by atoms with Crippen LogP contribution in [0.3, 0.4) is 0 Å². The van der Waals surface area contributed by atoms with Crippen LogP contribution in [0.15, 0.2) is 0 Å². The number of hydrogen-bond acceptors (Lipinski definition) is 6. The van der Waals surface area contributed by atoms with E-state index in [4.69, 9.17) is 14.2 Å². The summed E-state index contributed by atoms with van der Waals surface area (Å²) >= 11 is 0. The van der Waals surface area contributed by atoms with Gasteiger partial charge in [0.1, 0.15) is 18.3 Å². The molecule has 0 spiro atoms. The van der Waals surface area contributed by atoms with Crippen molar-refractivity contribution in [3.63, 3.8) is 0 Å². The fraction of sp³-hybridized carbons (Fsp3) is 0.880. The van der Waals surface area contributed by atoms with Gasteiger partial charge in [0.2, 0.25) is 0 Å². The summed E-state index contributed by atoms with van der Waals surface area (Å²) in [5.41, 5.74) is 0.140. The van der Waals surface area contributed by atoms with Crippen LogP contribution >= 0.6 is 0 Å². The van der Waals surface area contributed by atoms with E-state index in [9.17, 15) is 14.4 Å². The molecule has 0 radical (unpaired) electrons. The van der Waals surface area contributed by atoms with Gasteiger partial charge in [-0.05, 0) is 74.5 Å². The molecule has 0 aromatic rings. The summed E-state index contributed by atoms with van der Waals surface area (Å²) in [4.78, 5) is 35.3. The number of hydrogen-bond donors (Lipinski definition) is 0. The molecule has 0 N–H and O–H groups in total. The molecule has 4 fully saturated rings. The largest absolute Gasteiger partial charge is 0.462 e. The van der Waals surface area contributed by atoms with Gasteiger partial charge in [-0.15, -0.1) is 0 Å². The minimum Gasteiger partial charge on any atom is -0.462 e. The molecule has 0 aromatic carbocycles. The first-order valence-corrected chi connectivity index (χ1v) is 12.1. The first kappa shape index (κ1) is 22.6. The molecule has 174 valence electrons. The Morgan fingerprint density at radius 1 is 0.645 bits per heavy atom. The van der Waals surface area contributed by atoms with E-state index < -0.39 is 0 Å². The van der Waals surface area contributed by atoms with Crippen LogP contribution in [0.1, 0.15) is 86.0 Å². The van der Waals surface area contributed by atoms with Gasteiger partial charge < -0.3 is 14.2 Å². The Bertz CT molecular complexity index is 748. The van der Waals surface area contributed by atoms with E-state index in [-0.39, 0.29) is 53.0 Å². The third-order valence-corrected chi connectivity index (χ3v) is 9.51. The van der Waals surface area contributed by atoms with Crippen molar-refractivity contribution in [1.29, 1.82) is 0 Å². The minimum absolute atomic E-state index is 0.0370. The van der Waals surface area contributed by atoms with Crippen LogP contribution in [0, 0.1) is 34.5 Å². The predicted octanol–water partition coefficient (Wildman–Crippen LogP) is 4.43. The highest BCUT2D eigenvalue weighted by Gasteiger charge is 2.63. The smallest absolute Gasteiger partial charge is 0.303 e. The van der Waals surface area contributed by atoms with Crippen molar-refractivity contribution >= 4 is 17.9 Å². The molecule has 0 bridgehead atoms. The third-order valence-electron chi connectivity index (χ3n) is 9.51. The molecule has 0 unspecified atom stereocenters. The van der Waals surface area contributed by atoms with Crippen molar-refractivity contribution in [1.82, 2.24) is 0 Å². The zero-order chi connectivity index (χ0) is 22.6. The van der Waals surface area contributed by atoms with E-state index in [0.29, 0.717) is 17.8 Å². The van der Waals surface area contributed by atoms with Gasteiger partial charge in [-0.3, -0.25) is 14.4 Å². The Morgan fingerprint density at radius 2 is 1.23 bits per heavy atom. The van der Waals surface area contributed by atoms with Crippen molar-refractivity contribution in [2.45, 2.75) is 104 Å². The molecular weight excluding hydrogens is 396 g/mol. The summed E-state index contributed by atoms with van der Waals surface area (Å²) in [5, 5.41) is 0. The van der Waals surface area contributed by atoms with Crippen LogP contribution in [-0.4, -0.2) is 36.2 Å². The average molecular weight is 435 g/mol. The first-order valence-electron chi connectivity index (χ1n) is 12.1. The number of carbonyl (C=O) groups is 3. The third kappa shape index (κ3) is 3.78. The highest BCUT2D eigenvalue weighted by atomic mass is 16.6. The normalized spacial score (nSPS) is 46.2. The molecule has 4 aliphatic carbocycles. The molecule has 4 saturated carbocycles. The lowest BCUT2D eigenvalue weighted by atomic mass is 9.44. The van der Waals surface area contributed by atoms with Gasteiger partial charge in [0.15, 0.2) is 0 Å². The quantitative estimate of drug-likeness (QED) is 0.483. The standard InChI is InChI=1S/C25H38O6/c1-14(26)29-21-11-13-24(4)19-10-12-25(5)18(8-9-22(25)30-15(2)27)17(19)6-7-20(24)23(21)31-16(3)28/h17-23H,6-13H2,1-5H3/t17-,18-,19-,20-,21-,22-,23-,24+,25-/m0/s1. The molecule has 0 heterocycles. The molecular formula is C25H38O6. The summed E-state index contributed by atoms with van der Waals surface area (Å²) < 4.78 is 17.2. The molecule has 6 heteroatoms. The van der Waals surface area contributed by atoms with Crippen molar-refractivity contribution in [2.75, 3.05) is 0 Å². The fourth-order valence-corrected chi connectivity index (χ4v) is 8.31. The Balaban J connectivity index is 1.58. The summed E-state index contributed by atoms with van der Waals surface area (Å²) in [7, 11) is 0. The molecule has 6 nitrogen and oxygen atoms in total. The topological polar surface area (TPSA) is 78.9 Å². The highest BCUT2D eigenvalue weighted by molar-refractivity contribution is 5.67. The average Bonchev–Trinajstić information content (AvgIpc) is 2.99. The molecule has 0 aliphatic heterocycles. The number of carbonyl (C=O) groups excluding carboxylic acids is 3. The van der Waals surface area contributed by atoms with E-state index >= 15 is 0 Å². The second-order valence-corrected chi connectivity index (χ2v) is 11.0. The van der Waals surface area contributed by atoms with Crippen LogP contribution in [0.2, 0.25) is 0 Å². The summed E-state index contributed by atoms with van der Waals surface area (Å²) in [6, 6.07) is 0. The van der Waals surface area contributed by atoms with Gasteiger partial charge in [-0.1, -0.05) is 13.8 Å².